The number of rotatable bonds is 7. The van der Waals surface area contributed by atoms with Gasteiger partial charge < -0.3 is 4.43 Å². The number of alkyl halides is 1. The molecule has 0 aromatic heterocycles. The Morgan fingerprint density at radius 2 is 1.46 bits per heavy atom. The fourth-order valence-corrected chi connectivity index (χ4v) is 7.81. The normalized spacial score (nSPS) is 13.5. The number of hydrogen-bond acceptors (Lipinski definition) is 1. The van der Waals surface area contributed by atoms with Crippen LogP contribution < -0.4 is 10.4 Å². The van der Waals surface area contributed by atoms with Gasteiger partial charge in [0.15, 0.2) is 0 Å². The predicted molar refractivity (Wildman–Crippen MR) is 103 cm³/mol. The summed E-state index contributed by atoms with van der Waals surface area (Å²) in [6, 6.07) is 20.6. The van der Waals surface area contributed by atoms with E-state index in [-0.39, 0.29) is 11.6 Å². The molecule has 1 atom stereocenters. The van der Waals surface area contributed by atoms with Gasteiger partial charge in [0, 0.05) is 0 Å². The molecule has 0 fully saturated rings. The highest BCUT2D eigenvalue weighted by atomic mass is 28.4. The molecule has 0 aliphatic rings. The summed E-state index contributed by atoms with van der Waals surface area (Å²) in [5.41, 5.74) is 0. The predicted octanol–water partition coefficient (Wildman–Crippen LogP) is 4.48. The lowest BCUT2D eigenvalue weighted by Crippen LogP contribution is -2.67. The molecule has 0 radical (unpaired) electrons. The molecule has 0 spiro atoms. The Balaban J connectivity index is 2.55. The van der Waals surface area contributed by atoms with Crippen LogP contribution in [0.25, 0.3) is 0 Å². The highest BCUT2D eigenvalue weighted by molar-refractivity contribution is 6.99. The Hall–Kier alpha value is -1.71. The van der Waals surface area contributed by atoms with Crippen LogP contribution in [-0.4, -0.2) is 21.1 Å². The smallest absolute Gasteiger partial charge is 0.261 e. The van der Waals surface area contributed by atoms with Crippen molar-refractivity contribution in [3.63, 3.8) is 0 Å². The Kier molecular flexibility index (Phi) is 6.14. The van der Waals surface area contributed by atoms with Gasteiger partial charge in [0.1, 0.15) is 6.17 Å². The van der Waals surface area contributed by atoms with Gasteiger partial charge in [-0.3, -0.25) is 0 Å². The van der Waals surface area contributed by atoms with Gasteiger partial charge in [0.05, 0.1) is 6.61 Å². The summed E-state index contributed by atoms with van der Waals surface area (Å²) in [4.78, 5) is 0. The first kappa shape index (κ1) is 18.6. The number of hydrogen-bond donors (Lipinski definition) is 0. The molecule has 0 saturated heterocycles. The SMILES string of the molecule is C=CCC(F)CO[Si](c1ccccc1)(c1ccccc1)C(C)(C)C. The third-order valence-corrected chi connectivity index (χ3v) is 9.32. The van der Waals surface area contributed by atoms with Crippen molar-refractivity contribution in [3.05, 3.63) is 73.3 Å². The van der Waals surface area contributed by atoms with Gasteiger partial charge in [-0.05, 0) is 21.8 Å². The lowest BCUT2D eigenvalue weighted by molar-refractivity contribution is 0.188. The molecular weight excluding hydrogens is 315 g/mol. The van der Waals surface area contributed by atoms with E-state index in [2.05, 4.69) is 51.6 Å². The minimum Gasteiger partial charge on any atom is -0.404 e. The molecule has 0 saturated carbocycles. The maximum absolute atomic E-state index is 14.2. The molecular formula is C21H27FOSi. The van der Waals surface area contributed by atoms with Crippen LogP contribution in [0.5, 0.6) is 0 Å². The molecule has 24 heavy (non-hydrogen) atoms. The molecule has 3 heteroatoms. The van der Waals surface area contributed by atoms with Crippen LogP contribution in [0.3, 0.4) is 0 Å². The summed E-state index contributed by atoms with van der Waals surface area (Å²) in [5.74, 6) is 0. The average molecular weight is 343 g/mol. The highest BCUT2D eigenvalue weighted by Gasteiger charge is 2.50. The van der Waals surface area contributed by atoms with Crippen molar-refractivity contribution in [2.75, 3.05) is 6.61 Å². The van der Waals surface area contributed by atoms with E-state index in [1.165, 1.54) is 10.4 Å². The van der Waals surface area contributed by atoms with Crippen molar-refractivity contribution < 1.29 is 8.82 Å². The first-order chi connectivity index (χ1) is 11.4. The Labute approximate surface area is 146 Å². The molecule has 128 valence electrons. The Bertz CT molecular complexity index is 594. The second kappa shape index (κ2) is 7.91. The molecule has 1 nitrogen and oxygen atoms in total. The standard InChI is InChI=1S/C21H27FOSi/c1-5-12-18(22)17-23-24(21(2,3)4,19-13-8-6-9-14-19)20-15-10-7-11-16-20/h5-11,13-16,18H,1,12,17H2,2-4H3. The van der Waals surface area contributed by atoms with Crippen LogP contribution in [0.1, 0.15) is 27.2 Å². The first-order valence-electron chi connectivity index (χ1n) is 8.42. The summed E-state index contributed by atoms with van der Waals surface area (Å²) in [5, 5.41) is 2.23. The Morgan fingerprint density at radius 1 is 1.00 bits per heavy atom. The Morgan fingerprint density at radius 3 is 1.83 bits per heavy atom. The second-order valence-corrected chi connectivity index (χ2v) is 11.4. The molecule has 2 rings (SSSR count). The van der Waals surface area contributed by atoms with Gasteiger partial charge >= 0.3 is 0 Å². The third-order valence-electron chi connectivity index (χ3n) is 4.32. The number of halogens is 1. The molecule has 0 aliphatic carbocycles. The molecule has 1 unspecified atom stereocenters. The third kappa shape index (κ3) is 3.85. The van der Waals surface area contributed by atoms with Gasteiger partial charge in [-0.1, -0.05) is 87.5 Å². The second-order valence-electron chi connectivity index (χ2n) is 7.10. The summed E-state index contributed by atoms with van der Waals surface area (Å²) in [6.45, 7) is 10.3. The van der Waals surface area contributed by atoms with Crippen LogP contribution in [-0.2, 0) is 4.43 Å². The molecule has 0 N–H and O–H groups in total. The molecule has 0 aliphatic heterocycles. The van der Waals surface area contributed by atoms with Crippen molar-refractivity contribution >= 4 is 18.7 Å². The van der Waals surface area contributed by atoms with Gasteiger partial charge in [0.2, 0.25) is 0 Å². The summed E-state index contributed by atoms with van der Waals surface area (Å²) in [7, 11) is -2.62. The highest BCUT2D eigenvalue weighted by Crippen LogP contribution is 2.36. The van der Waals surface area contributed by atoms with Crippen molar-refractivity contribution in [2.45, 2.75) is 38.4 Å². The summed E-state index contributed by atoms with van der Waals surface area (Å²) in [6.07, 6.45) is 0.904. The van der Waals surface area contributed by atoms with Crippen LogP contribution in [0.2, 0.25) is 5.04 Å². The van der Waals surface area contributed by atoms with Gasteiger partial charge in [0.25, 0.3) is 8.32 Å². The first-order valence-corrected chi connectivity index (χ1v) is 10.3. The van der Waals surface area contributed by atoms with Crippen molar-refractivity contribution in [3.8, 4) is 0 Å². The van der Waals surface area contributed by atoms with Gasteiger partial charge in [-0.2, -0.15) is 0 Å². The summed E-state index contributed by atoms with van der Waals surface area (Å²) >= 11 is 0. The van der Waals surface area contributed by atoms with Crippen LogP contribution in [0, 0.1) is 0 Å². The molecule has 0 heterocycles. The number of allylic oxidation sites excluding steroid dienone is 1. The fraction of sp³-hybridized carbons (Fsp3) is 0.333. The fourth-order valence-electron chi connectivity index (χ4n) is 3.23. The minimum atomic E-state index is -2.62. The van der Waals surface area contributed by atoms with Gasteiger partial charge in [-0.15, -0.1) is 6.58 Å². The lowest BCUT2D eigenvalue weighted by Gasteiger charge is -2.43. The van der Waals surface area contributed by atoms with Crippen molar-refractivity contribution in [1.82, 2.24) is 0 Å². The molecule has 0 amide bonds. The minimum absolute atomic E-state index is 0.0965. The maximum Gasteiger partial charge on any atom is 0.261 e. The average Bonchev–Trinajstić information content (AvgIpc) is 2.56. The van der Waals surface area contributed by atoms with E-state index in [9.17, 15) is 4.39 Å². The maximum atomic E-state index is 14.2. The number of benzene rings is 2. The van der Waals surface area contributed by atoms with Crippen LogP contribution in [0.15, 0.2) is 73.3 Å². The molecule has 2 aromatic rings. The lowest BCUT2D eigenvalue weighted by atomic mass is 10.2. The van der Waals surface area contributed by atoms with E-state index in [4.69, 9.17) is 4.43 Å². The van der Waals surface area contributed by atoms with Crippen molar-refractivity contribution in [1.29, 1.82) is 0 Å². The van der Waals surface area contributed by atoms with Crippen molar-refractivity contribution in [2.24, 2.45) is 0 Å². The van der Waals surface area contributed by atoms with Crippen LogP contribution >= 0.6 is 0 Å². The van der Waals surface area contributed by atoms with E-state index in [0.717, 1.165) is 0 Å². The zero-order chi connectivity index (χ0) is 17.6. The molecule has 0 bridgehead atoms. The van der Waals surface area contributed by atoms with E-state index < -0.39 is 14.5 Å². The molecule has 2 aromatic carbocycles. The topological polar surface area (TPSA) is 9.23 Å². The largest absolute Gasteiger partial charge is 0.404 e. The van der Waals surface area contributed by atoms with E-state index in [1.54, 1.807) is 6.08 Å². The summed E-state index contributed by atoms with van der Waals surface area (Å²) < 4.78 is 20.7. The zero-order valence-corrected chi connectivity index (χ0v) is 15.8. The zero-order valence-electron chi connectivity index (χ0n) is 14.8. The monoisotopic (exact) mass is 342 g/mol. The van der Waals surface area contributed by atoms with Gasteiger partial charge in [-0.25, -0.2) is 4.39 Å². The van der Waals surface area contributed by atoms with E-state index >= 15 is 0 Å². The van der Waals surface area contributed by atoms with E-state index in [0.29, 0.717) is 6.42 Å². The van der Waals surface area contributed by atoms with E-state index in [1.807, 2.05) is 36.4 Å². The quantitative estimate of drug-likeness (QED) is 0.532. The van der Waals surface area contributed by atoms with Crippen LogP contribution in [0.4, 0.5) is 4.39 Å².